The van der Waals surface area contributed by atoms with E-state index in [4.69, 9.17) is 11.6 Å². The van der Waals surface area contributed by atoms with Gasteiger partial charge in [-0.15, -0.1) is 0 Å². The van der Waals surface area contributed by atoms with Crippen molar-refractivity contribution in [2.45, 2.75) is 40.0 Å². The van der Waals surface area contributed by atoms with Gasteiger partial charge >= 0.3 is 0 Å². The van der Waals surface area contributed by atoms with Gasteiger partial charge in [0.1, 0.15) is 11.6 Å². The molecule has 5 heteroatoms. The van der Waals surface area contributed by atoms with Crippen LogP contribution in [-0.4, -0.2) is 10.5 Å². The minimum Gasteiger partial charge on any atom is -0.320 e. The van der Waals surface area contributed by atoms with Gasteiger partial charge in [-0.3, -0.25) is 4.79 Å². The van der Waals surface area contributed by atoms with Gasteiger partial charge in [-0.1, -0.05) is 56.6 Å². The molecule has 0 unspecified atom stereocenters. The molecule has 1 N–H and O–H groups in total. The van der Waals surface area contributed by atoms with Crippen LogP contribution in [0.25, 0.3) is 11.8 Å². The molecule has 1 amide bonds. The Morgan fingerprint density at radius 1 is 1.10 bits per heavy atom. The van der Waals surface area contributed by atoms with Crippen molar-refractivity contribution in [2.24, 2.45) is 0 Å². The lowest BCUT2D eigenvalue weighted by Crippen LogP contribution is -2.13. The van der Waals surface area contributed by atoms with Crippen LogP contribution in [0.3, 0.4) is 0 Å². The zero-order chi connectivity index (χ0) is 22.8. The van der Waals surface area contributed by atoms with Gasteiger partial charge in [0, 0.05) is 17.1 Å². The van der Waals surface area contributed by atoms with Crippen molar-refractivity contribution in [3.63, 3.8) is 0 Å². The van der Waals surface area contributed by atoms with E-state index in [9.17, 15) is 10.1 Å². The fourth-order valence-electron chi connectivity index (χ4n) is 3.50. The fraction of sp³-hybridized carbons (Fsp3) is 0.231. The number of nitrogens with zero attached hydrogens (tertiary/aromatic N) is 2. The van der Waals surface area contributed by atoms with E-state index < -0.39 is 5.91 Å². The Hall–Kier alpha value is -3.29. The molecule has 0 aliphatic rings. The van der Waals surface area contributed by atoms with Crippen molar-refractivity contribution in [1.29, 1.82) is 5.26 Å². The summed E-state index contributed by atoms with van der Waals surface area (Å²) in [7, 11) is 0. The molecule has 0 aliphatic carbocycles. The zero-order valence-corrected chi connectivity index (χ0v) is 19.2. The van der Waals surface area contributed by atoms with Crippen molar-refractivity contribution in [3.05, 3.63) is 87.7 Å². The number of carbonyl (C=O) groups excluding carboxylic acids is 1. The first-order chi connectivity index (χ1) is 14.6. The Bertz CT molecular complexity index is 1190. The molecule has 0 spiro atoms. The second-order valence-corrected chi connectivity index (χ2v) is 8.97. The first kappa shape index (κ1) is 22.4. The van der Waals surface area contributed by atoms with Crippen LogP contribution in [0.2, 0.25) is 5.02 Å². The van der Waals surface area contributed by atoms with Gasteiger partial charge < -0.3 is 9.88 Å². The predicted octanol–water partition coefficient (Wildman–Crippen LogP) is 6.59. The number of hydrogen-bond donors (Lipinski definition) is 1. The topological polar surface area (TPSA) is 57.8 Å². The third kappa shape index (κ3) is 4.90. The SMILES string of the molecule is Cc1cc(C=C(C#N)C(=O)Nc2ccccc2Cl)c(C)n1-c1ccc(C(C)(C)C)cc1. The van der Waals surface area contributed by atoms with Gasteiger partial charge in [-0.25, -0.2) is 0 Å². The van der Waals surface area contributed by atoms with Crippen molar-refractivity contribution in [1.82, 2.24) is 4.57 Å². The number of para-hydroxylation sites is 1. The summed E-state index contributed by atoms with van der Waals surface area (Å²) in [6.07, 6.45) is 1.62. The highest BCUT2D eigenvalue weighted by molar-refractivity contribution is 6.34. The number of halogens is 1. The highest BCUT2D eigenvalue weighted by Gasteiger charge is 2.16. The van der Waals surface area contributed by atoms with Crippen LogP contribution in [0.15, 0.2) is 60.2 Å². The van der Waals surface area contributed by atoms with E-state index >= 15 is 0 Å². The second kappa shape index (κ2) is 8.83. The lowest BCUT2D eigenvalue weighted by molar-refractivity contribution is -0.112. The number of benzene rings is 2. The molecule has 0 aliphatic heterocycles. The Balaban J connectivity index is 1.93. The van der Waals surface area contributed by atoms with Gasteiger partial charge in [0.2, 0.25) is 0 Å². The van der Waals surface area contributed by atoms with Crippen molar-refractivity contribution in [2.75, 3.05) is 5.32 Å². The molecule has 158 valence electrons. The number of aryl methyl sites for hydroxylation is 1. The molecule has 0 radical (unpaired) electrons. The fourth-order valence-corrected chi connectivity index (χ4v) is 3.68. The van der Waals surface area contributed by atoms with E-state index in [1.807, 2.05) is 26.0 Å². The molecule has 0 bridgehead atoms. The summed E-state index contributed by atoms with van der Waals surface area (Å²) in [5.74, 6) is -0.491. The van der Waals surface area contributed by atoms with Crippen LogP contribution < -0.4 is 5.32 Å². The molecule has 1 heterocycles. The Labute approximate surface area is 188 Å². The number of carbonyl (C=O) groups is 1. The third-order valence-corrected chi connectivity index (χ3v) is 5.58. The lowest BCUT2D eigenvalue weighted by atomic mass is 9.87. The van der Waals surface area contributed by atoms with Crippen LogP contribution in [0.5, 0.6) is 0 Å². The molecule has 3 aromatic rings. The van der Waals surface area contributed by atoms with Crippen molar-refractivity contribution >= 4 is 29.3 Å². The largest absolute Gasteiger partial charge is 0.320 e. The number of amides is 1. The summed E-state index contributed by atoms with van der Waals surface area (Å²) < 4.78 is 2.12. The Morgan fingerprint density at radius 3 is 2.32 bits per heavy atom. The van der Waals surface area contributed by atoms with E-state index in [0.717, 1.165) is 22.6 Å². The monoisotopic (exact) mass is 431 g/mol. The van der Waals surface area contributed by atoms with Gasteiger partial charge in [0.15, 0.2) is 0 Å². The van der Waals surface area contributed by atoms with Crippen LogP contribution in [0, 0.1) is 25.2 Å². The lowest BCUT2D eigenvalue weighted by Gasteiger charge is -2.20. The first-order valence-corrected chi connectivity index (χ1v) is 10.5. The molecule has 31 heavy (non-hydrogen) atoms. The van der Waals surface area contributed by atoms with Crippen LogP contribution >= 0.6 is 11.6 Å². The van der Waals surface area contributed by atoms with Gasteiger partial charge in [-0.05, 0) is 66.8 Å². The number of anilines is 1. The Kier molecular flexibility index (Phi) is 6.38. The minimum atomic E-state index is -0.491. The summed E-state index contributed by atoms with van der Waals surface area (Å²) in [5.41, 5.74) is 5.69. The average molecular weight is 432 g/mol. The molecule has 4 nitrogen and oxygen atoms in total. The molecule has 1 aromatic heterocycles. The standard InChI is InChI=1S/C26H26ClN3O/c1-17-14-19(15-20(16-28)25(31)29-24-9-7-6-8-23(24)27)18(2)30(17)22-12-10-21(11-13-22)26(3,4)5/h6-15H,1-5H3,(H,29,31). The number of rotatable bonds is 4. The first-order valence-electron chi connectivity index (χ1n) is 10.1. The number of nitrogens with one attached hydrogen (secondary N) is 1. The van der Waals surface area contributed by atoms with Gasteiger partial charge in [0.05, 0.1) is 10.7 Å². The van der Waals surface area contributed by atoms with Crippen molar-refractivity contribution < 1.29 is 4.79 Å². The smallest absolute Gasteiger partial charge is 0.266 e. The van der Waals surface area contributed by atoms with Crippen LogP contribution in [0.4, 0.5) is 5.69 Å². The molecule has 3 rings (SSSR count). The van der Waals surface area contributed by atoms with Crippen molar-refractivity contribution in [3.8, 4) is 11.8 Å². The highest BCUT2D eigenvalue weighted by Crippen LogP contribution is 2.27. The molecule has 2 aromatic carbocycles. The molecule has 0 fully saturated rings. The van der Waals surface area contributed by atoms with E-state index in [2.05, 4.69) is 54.9 Å². The molecule has 0 saturated carbocycles. The normalized spacial score (nSPS) is 11.8. The second-order valence-electron chi connectivity index (χ2n) is 8.56. The van der Waals surface area contributed by atoms with Crippen LogP contribution in [-0.2, 0) is 10.2 Å². The summed E-state index contributed by atoms with van der Waals surface area (Å²) in [5, 5.41) is 12.7. The molecular formula is C26H26ClN3O. The summed E-state index contributed by atoms with van der Waals surface area (Å²) in [6, 6.07) is 19.4. The minimum absolute atomic E-state index is 0.0169. The van der Waals surface area contributed by atoms with E-state index in [-0.39, 0.29) is 11.0 Å². The summed E-state index contributed by atoms with van der Waals surface area (Å²) in [6.45, 7) is 10.6. The van der Waals surface area contributed by atoms with Gasteiger partial charge in [-0.2, -0.15) is 5.26 Å². The zero-order valence-electron chi connectivity index (χ0n) is 18.5. The Morgan fingerprint density at radius 2 is 1.74 bits per heavy atom. The summed E-state index contributed by atoms with van der Waals surface area (Å²) >= 11 is 6.11. The molecule has 0 saturated heterocycles. The third-order valence-electron chi connectivity index (χ3n) is 5.25. The molecule has 0 atom stereocenters. The summed E-state index contributed by atoms with van der Waals surface area (Å²) in [4.78, 5) is 12.6. The van der Waals surface area contributed by atoms with E-state index in [1.165, 1.54) is 5.56 Å². The molecular weight excluding hydrogens is 406 g/mol. The maximum absolute atomic E-state index is 12.6. The van der Waals surface area contributed by atoms with Crippen LogP contribution in [0.1, 0.15) is 43.3 Å². The highest BCUT2D eigenvalue weighted by atomic mass is 35.5. The average Bonchev–Trinajstić information content (AvgIpc) is 3.00. The maximum atomic E-state index is 12.6. The number of hydrogen-bond acceptors (Lipinski definition) is 2. The predicted molar refractivity (Wildman–Crippen MR) is 128 cm³/mol. The van der Waals surface area contributed by atoms with E-state index in [1.54, 1.807) is 30.3 Å². The van der Waals surface area contributed by atoms with Gasteiger partial charge in [0.25, 0.3) is 5.91 Å². The maximum Gasteiger partial charge on any atom is 0.266 e. The number of aromatic nitrogens is 1. The quantitative estimate of drug-likeness (QED) is 0.374. The number of nitriles is 1. The van der Waals surface area contributed by atoms with E-state index in [0.29, 0.717) is 10.7 Å².